The van der Waals surface area contributed by atoms with Crippen molar-refractivity contribution in [3.63, 3.8) is 0 Å². The third-order valence-corrected chi connectivity index (χ3v) is 4.53. The molecule has 0 fully saturated rings. The molecule has 0 saturated carbocycles. The number of rotatable bonds is 3. The molecule has 0 aliphatic carbocycles. The second-order valence-electron chi connectivity index (χ2n) is 6.41. The van der Waals surface area contributed by atoms with Crippen molar-refractivity contribution in [2.24, 2.45) is 0 Å². The molecule has 0 saturated heterocycles. The molecule has 5 nitrogen and oxygen atoms in total. The summed E-state index contributed by atoms with van der Waals surface area (Å²) >= 11 is 0. The Kier molecular flexibility index (Phi) is 4.49. The number of aromatic hydroxyl groups is 1. The molecule has 2 aromatic carbocycles. The van der Waals surface area contributed by atoms with E-state index in [0.717, 1.165) is 17.7 Å². The molecule has 25 heavy (non-hydrogen) atoms. The lowest BCUT2D eigenvalue weighted by molar-refractivity contribution is -0.126. The maximum Gasteiger partial charge on any atom is 0.342 e. The van der Waals surface area contributed by atoms with Crippen LogP contribution < -0.4 is 4.90 Å². The predicted molar refractivity (Wildman–Crippen MR) is 94.8 cm³/mol. The van der Waals surface area contributed by atoms with E-state index in [4.69, 9.17) is 4.74 Å². The summed E-state index contributed by atoms with van der Waals surface area (Å²) in [6, 6.07) is 12.6. The maximum absolute atomic E-state index is 12.8. The molecule has 0 bridgehead atoms. The fourth-order valence-electron chi connectivity index (χ4n) is 3.20. The summed E-state index contributed by atoms with van der Waals surface area (Å²) in [5.74, 6) is -1.09. The SMILES string of the molecule is Cc1cccc(C(=O)O[C@@H](C)C(=O)N2c3ccccc3C[C@H]2C)c1O. The van der Waals surface area contributed by atoms with E-state index in [-0.39, 0.29) is 23.3 Å². The monoisotopic (exact) mass is 339 g/mol. The van der Waals surface area contributed by atoms with Gasteiger partial charge in [-0.3, -0.25) is 4.79 Å². The van der Waals surface area contributed by atoms with Crippen LogP contribution in [0.1, 0.15) is 35.3 Å². The molecule has 130 valence electrons. The van der Waals surface area contributed by atoms with Gasteiger partial charge in [0.2, 0.25) is 0 Å². The summed E-state index contributed by atoms with van der Waals surface area (Å²) in [6.07, 6.45) is -0.164. The van der Waals surface area contributed by atoms with Crippen LogP contribution in [0.4, 0.5) is 5.69 Å². The number of para-hydroxylation sites is 2. The zero-order chi connectivity index (χ0) is 18.1. The molecule has 2 aromatic rings. The Morgan fingerprint density at radius 1 is 1.20 bits per heavy atom. The Morgan fingerprint density at radius 3 is 2.68 bits per heavy atom. The van der Waals surface area contributed by atoms with Crippen LogP contribution in [0.5, 0.6) is 5.75 Å². The predicted octanol–water partition coefficient (Wildman–Crippen LogP) is 3.22. The van der Waals surface area contributed by atoms with Crippen molar-refractivity contribution in [2.75, 3.05) is 4.90 Å². The number of amides is 1. The van der Waals surface area contributed by atoms with E-state index in [1.54, 1.807) is 30.9 Å². The highest BCUT2D eigenvalue weighted by Gasteiger charge is 2.34. The number of carbonyl (C=O) groups excluding carboxylic acids is 2. The molecule has 0 unspecified atom stereocenters. The first-order valence-corrected chi connectivity index (χ1v) is 8.30. The zero-order valence-corrected chi connectivity index (χ0v) is 14.5. The smallest absolute Gasteiger partial charge is 0.342 e. The molecular formula is C20H21NO4. The molecule has 5 heteroatoms. The van der Waals surface area contributed by atoms with Gasteiger partial charge < -0.3 is 14.7 Å². The lowest BCUT2D eigenvalue weighted by atomic mass is 10.1. The zero-order valence-electron chi connectivity index (χ0n) is 14.5. The van der Waals surface area contributed by atoms with Crippen molar-refractivity contribution in [1.82, 2.24) is 0 Å². The Balaban J connectivity index is 1.77. The minimum atomic E-state index is -0.944. The molecule has 0 spiro atoms. The number of hydrogen-bond acceptors (Lipinski definition) is 4. The second kappa shape index (κ2) is 6.59. The fourth-order valence-corrected chi connectivity index (χ4v) is 3.20. The molecule has 1 aliphatic heterocycles. The summed E-state index contributed by atoms with van der Waals surface area (Å²) in [5, 5.41) is 10.0. The number of benzene rings is 2. The number of phenols is 1. The van der Waals surface area contributed by atoms with Crippen LogP contribution in [0.2, 0.25) is 0 Å². The fraction of sp³-hybridized carbons (Fsp3) is 0.300. The van der Waals surface area contributed by atoms with Gasteiger partial charge in [-0.05, 0) is 50.5 Å². The number of carbonyl (C=O) groups is 2. The van der Waals surface area contributed by atoms with E-state index in [0.29, 0.717) is 5.56 Å². The number of ether oxygens (including phenoxy) is 1. The molecule has 1 amide bonds. The number of anilines is 1. The third-order valence-electron chi connectivity index (χ3n) is 4.53. The second-order valence-corrected chi connectivity index (χ2v) is 6.41. The highest BCUT2D eigenvalue weighted by molar-refractivity contribution is 6.01. The number of aryl methyl sites for hydroxylation is 1. The van der Waals surface area contributed by atoms with Crippen LogP contribution in [-0.2, 0) is 16.0 Å². The van der Waals surface area contributed by atoms with E-state index in [2.05, 4.69) is 0 Å². The Labute approximate surface area is 146 Å². The van der Waals surface area contributed by atoms with Gasteiger partial charge in [0.1, 0.15) is 11.3 Å². The van der Waals surface area contributed by atoms with Crippen molar-refractivity contribution < 1.29 is 19.4 Å². The van der Waals surface area contributed by atoms with Crippen LogP contribution in [0.15, 0.2) is 42.5 Å². The van der Waals surface area contributed by atoms with Crippen molar-refractivity contribution in [1.29, 1.82) is 0 Å². The van der Waals surface area contributed by atoms with E-state index < -0.39 is 12.1 Å². The maximum atomic E-state index is 12.8. The van der Waals surface area contributed by atoms with Gasteiger partial charge >= 0.3 is 5.97 Å². The van der Waals surface area contributed by atoms with Gasteiger partial charge in [0.25, 0.3) is 5.91 Å². The topological polar surface area (TPSA) is 66.8 Å². The lowest BCUT2D eigenvalue weighted by Gasteiger charge is -2.26. The molecule has 1 N–H and O–H groups in total. The first kappa shape index (κ1) is 17.0. The highest BCUT2D eigenvalue weighted by Crippen LogP contribution is 2.32. The Morgan fingerprint density at radius 2 is 1.92 bits per heavy atom. The minimum Gasteiger partial charge on any atom is -0.507 e. The number of esters is 1. The van der Waals surface area contributed by atoms with E-state index in [9.17, 15) is 14.7 Å². The van der Waals surface area contributed by atoms with Crippen molar-refractivity contribution >= 4 is 17.6 Å². The summed E-state index contributed by atoms with van der Waals surface area (Å²) in [7, 11) is 0. The van der Waals surface area contributed by atoms with Crippen LogP contribution in [-0.4, -0.2) is 29.1 Å². The molecular weight excluding hydrogens is 318 g/mol. The first-order chi connectivity index (χ1) is 11.9. The van der Waals surface area contributed by atoms with E-state index >= 15 is 0 Å². The average molecular weight is 339 g/mol. The average Bonchev–Trinajstić information content (AvgIpc) is 2.92. The van der Waals surface area contributed by atoms with Crippen molar-refractivity contribution in [3.8, 4) is 5.75 Å². The standard InChI is InChI=1S/C20H21NO4/c1-12-7-6-9-16(18(12)22)20(24)25-14(3)19(23)21-13(2)11-15-8-4-5-10-17(15)21/h4-10,13-14,22H,11H2,1-3H3/t13-,14+/m1/s1. The van der Waals surface area contributed by atoms with Gasteiger partial charge in [0.05, 0.1) is 0 Å². The van der Waals surface area contributed by atoms with Crippen molar-refractivity contribution in [3.05, 3.63) is 59.2 Å². The largest absolute Gasteiger partial charge is 0.507 e. The number of nitrogens with zero attached hydrogens (tertiary/aromatic N) is 1. The quantitative estimate of drug-likeness (QED) is 0.872. The summed E-state index contributed by atoms with van der Waals surface area (Å²) in [5.41, 5.74) is 2.62. The van der Waals surface area contributed by atoms with Crippen molar-refractivity contribution in [2.45, 2.75) is 39.3 Å². The van der Waals surface area contributed by atoms with Gasteiger partial charge in [0, 0.05) is 11.7 Å². The Hall–Kier alpha value is -2.82. The molecule has 0 radical (unpaired) electrons. The van der Waals surface area contributed by atoms with Gasteiger partial charge in [0.15, 0.2) is 6.10 Å². The number of hydrogen-bond donors (Lipinski definition) is 1. The highest BCUT2D eigenvalue weighted by atomic mass is 16.5. The molecule has 0 aromatic heterocycles. The number of fused-ring (bicyclic) bond motifs is 1. The summed E-state index contributed by atoms with van der Waals surface area (Å²) < 4.78 is 5.32. The van der Waals surface area contributed by atoms with Gasteiger partial charge in [-0.25, -0.2) is 4.79 Å². The minimum absolute atomic E-state index is 0.0124. The Bertz CT molecular complexity index is 830. The number of phenolic OH excluding ortho intramolecular Hbond substituents is 1. The lowest BCUT2D eigenvalue weighted by Crippen LogP contribution is -2.43. The summed E-state index contributed by atoms with van der Waals surface area (Å²) in [4.78, 5) is 26.8. The molecule has 1 aliphatic rings. The van der Waals surface area contributed by atoms with Gasteiger partial charge in [-0.2, -0.15) is 0 Å². The molecule has 2 atom stereocenters. The van der Waals surface area contributed by atoms with Crippen LogP contribution >= 0.6 is 0 Å². The van der Waals surface area contributed by atoms with Gasteiger partial charge in [-0.15, -0.1) is 0 Å². The van der Waals surface area contributed by atoms with Gasteiger partial charge in [-0.1, -0.05) is 30.3 Å². The van der Waals surface area contributed by atoms with E-state index in [1.165, 1.54) is 6.07 Å². The van der Waals surface area contributed by atoms with Crippen LogP contribution in [0, 0.1) is 6.92 Å². The summed E-state index contributed by atoms with van der Waals surface area (Å²) in [6.45, 7) is 5.23. The molecule has 1 heterocycles. The van der Waals surface area contributed by atoms with Crippen LogP contribution in [0.3, 0.4) is 0 Å². The van der Waals surface area contributed by atoms with Crippen LogP contribution in [0.25, 0.3) is 0 Å². The first-order valence-electron chi connectivity index (χ1n) is 8.30. The molecule has 3 rings (SSSR count). The normalized spacial score (nSPS) is 17.1. The third kappa shape index (κ3) is 3.09. The van der Waals surface area contributed by atoms with E-state index in [1.807, 2.05) is 31.2 Å².